The predicted octanol–water partition coefficient (Wildman–Crippen LogP) is 3.82. The first-order valence-corrected chi connectivity index (χ1v) is 7.30. The normalized spacial score (nSPS) is 10.9. The maximum Gasteiger partial charge on any atom is 0.250 e. The minimum atomic E-state index is -0.0505. The van der Waals surface area contributed by atoms with Crippen LogP contribution in [-0.4, -0.2) is 9.72 Å². The van der Waals surface area contributed by atoms with E-state index in [0.29, 0.717) is 11.6 Å². The third-order valence-electron chi connectivity index (χ3n) is 3.57. The highest BCUT2D eigenvalue weighted by Gasteiger charge is 2.12. The van der Waals surface area contributed by atoms with E-state index < -0.39 is 0 Å². The van der Waals surface area contributed by atoms with Gasteiger partial charge in [0.25, 0.3) is 5.56 Å². The molecule has 5 heteroatoms. The summed E-state index contributed by atoms with van der Waals surface area (Å²) in [6.45, 7) is 4.25. The first-order valence-electron chi connectivity index (χ1n) is 6.93. The maximum atomic E-state index is 12.1. The van der Waals surface area contributed by atoms with Crippen LogP contribution < -0.4 is 5.56 Å². The van der Waals surface area contributed by atoms with Crippen molar-refractivity contribution in [3.63, 3.8) is 0 Å². The maximum absolute atomic E-state index is 12.1. The monoisotopic (exact) mass is 314 g/mol. The van der Waals surface area contributed by atoms with Gasteiger partial charge in [-0.1, -0.05) is 28.9 Å². The number of aromatic nitrogens is 2. The van der Waals surface area contributed by atoms with Crippen molar-refractivity contribution in [1.29, 1.82) is 0 Å². The van der Waals surface area contributed by atoms with E-state index >= 15 is 0 Å². The molecule has 112 valence electrons. The van der Waals surface area contributed by atoms with Crippen LogP contribution in [0.15, 0.2) is 51.9 Å². The van der Waals surface area contributed by atoms with Gasteiger partial charge >= 0.3 is 0 Å². The highest BCUT2D eigenvalue weighted by Crippen LogP contribution is 2.25. The van der Waals surface area contributed by atoms with Crippen LogP contribution in [0.3, 0.4) is 0 Å². The third-order valence-corrected chi connectivity index (χ3v) is 3.82. The van der Waals surface area contributed by atoms with Gasteiger partial charge < -0.3 is 9.09 Å². The zero-order valence-electron chi connectivity index (χ0n) is 12.3. The predicted molar refractivity (Wildman–Crippen MR) is 86.2 cm³/mol. The summed E-state index contributed by atoms with van der Waals surface area (Å²) in [5, 5.41) is 4.64. The topological polar surface area (TPSA) is 48.0 Å². The van der Waals surface area contributed by atoms with Crippen molar-refractivity contribution in [2.75, 3.05) is 0 Å². The van der Waals surface area contributed by atoms with Crippen LogP contribution in [0, 0.1) is 13.8 Å². The Labute approximate surface area is 133 Å². The molecule has 0 radical (unpaired) electrons. The lowest BCUT2D eigenvalue weighted by atomic mass is 10.1. The summed E-state index contributed by atoms with van der Waals surface area (Å²) in [7, 11) is 0. The number of rotatable bonds is 3. The second kappa shape index (κ2) is 5.81. The fraction of sp³-hybridized carbons (Fsp3) is 0.176. The molecule has 3 aromatic rings. The molecule has 2 aromatic heterocycles. The molecule has 1 aromatic carbocycles. The lowest BCUT2D eigenvalue weighted by Crippen LogP contribution is -2.19. The molecule has 0 aliphatic heterocycles. The van der Waals surface area contributed by atoms with Crippen LogP contribution in [0.5, 0.6) is 0 Å². The van der Waals surface area contributed by atoms with Gasteiger partial charge in [0.15, 0.2) is 0 Å². The largest absolute Gasteiger partial charge is 0.361 e. The van der Waals surface area contributed by atoms with Gasteiger partial charge in [0.05, 0.1) is 12.2 Å². The van der Waals surface area contributed by atoms with Crippen molar-refractivity contribution in [3.05, 3.63) is 75.0 Å². The Balaban J connectivity index is 2.00. The van der Waals surface area contributed by atoms with E-state index in [0.717, 1.165) is 28.1 Å². The molecule has 2 heterocycles. The highest BCUT2D eigenvalue weighted by molar-refractivity contribution is 6.30. The Kier molecular flexibility index (Phi) is 3.86. The molecule has 0 N–H and O–H groups in total. The van der Waals surface area contributed by atoms with Crippen molar-refractivity contribution in [2.24, 2.45) is 0 Å². The molecule has 0 amide bonds. The summed E-state index contributed by atoms with van der Waals surface area (Å²) in [5.41, 5.74) is 3.64. The van der Waals surface area contributed by atoms with E-state index in [2.05, 4.69) is 5.16 Å². The molecular formula is C17H15ClN2O2. The Morgan fingerprint density at radius 3 is 2.50 bits per heavy atom. The molecule has 0 spiro atoms. The molecular weight excluding hydrogens is 300 g/mol. The van der Waals surface area contributed by atoms with Crippen LogP contribution >= 0.6 is 11.6 Å². The van der Waals surface area contributed by atoms with Gasteiger partial charge in [-0.25, -0.2) is 0 Å². The van der Waals surface area contributed by atoms with Crippen molar-refractivity contribution < 1.29 is 4.52 Å². The van der Waals surface area contributed by atoms with Crippen molar-refractivity contribution in [2.45, 2.75) is 20.4 Å². The number of hydrogen-bond donors (Lipinski definition) is 0. The average molecular weight is 315 g/mol. The molecule has 0 bridgehead atoms. The standard InChI is InChI=1S/C17H15ClN2O2/c1-11-17(12(2)22-19-11)14-5-8-16(21)20(10-14)9-13-3-6-15(18)7-4-13/h3-8,10H,9H2,1-2H3. The van der Waals surface area contributed by atoms with Gasteiger partial charge in [0.2, 0.25) is 0 Å². The van der Waals surface area contributed by atoms with Crippen molar-refractivity contribution >= 4 is 11.6 Å². The summed E-state index contributed by atoms with van der Waals surface area (Å²) in [6.07, 6.45) is 1.84. The Morgan fingerprint density at radius 2 is 1.86 bits per heavy atom. The number of nitrogens with zero attached hydrogens (tertiary/aromatic N) is 2. The summed E-state index contributed by atoms with van der Waals surface area (Å²) in [6, 6.07) is 10.8. The van der Waals surface area contributed by atoms with E-state index in [1.165, 1.54) is 0 Å². The van der Waals surface area contributed by atoms with Crippen molar-refractivity contribution in [1.82, 2.24) is 9.72 Å². The first kappa shape index (κ1) is 14.6. The molecule has 22 heavy (non-hydrogen) atoms. The number of benzene rings is 1. The summed E-state index contributed by atoms with van der Waals surface area (Å²) >= 11 is 5.89. The highest BCUT2D eigenvalue weighted by atomic mass is 35.5. The molecule has 0 saturated heterocycles. The zero-order valence-corrected chi connectivity index (χ0v) is 13.1. The van der Waals surface area contributed by atoms with Gasteiger partial charge in [-0.15, -0.1) is 0 Å². The quantitative estimate of drug-likeness (QED) is 0.738. The van der Waals surface area contributed by atoms with Crippen LogP contribution in [0.1, 0.15) is 17.0 Å². The molecule has 0 atom stereocenters. The van der Waals surface area contributed by atoms with E-state index in [-0.39, 0.29) is 5.56 Å². The minimum absolute atomic E-state index is 0.0505. The molecule has 0 fully saturated rings. The number of halogens is 1. The van der Waals surface area contributed by atoms with Gasteiger partial charge in [0.1, 0.15) is 5.76 Å². The Morgan fingerprint density at radius 1 is 1.14 bits per heavy atom. The average Bonchev–Trinajstić information content (AvgIpc) is 2.83. The molecule has 0 unspecified atom stereocenters. The van der Waals surface area contributed by atoms with E-state index in [1.807, 2.05) is 44.3 Å². The van der Waals surface area contributed by atoms with Crippen LogP contribution in [0.4, 0.5) is 0 Å². The molecule has 0 aliphatic carbocycles. The summed E-state index contributed by atoms with van der Waals surface area (Å²) < 4.78 is 6.87. The second-order valence-corrected chi connectivity index (χ2v) is 5.65. The lowest BCUT2D eigenvalue weighted by molar-refractivity contribution is 0.393. The van der Waals surface area contributed by atoms with E-state index in [1.54, 1.807) is 16.7 Å². The molecule has 4 nitrogen and oxygen atoms in total. The Hall–Kier alpha value is -2.33. The summed E-state index contributed by atoms with van der Waals surface area (Å²) in [5.74, 6) is 0.745. The van der Waals surface area contributed by atoms with E-state index in [9.17, 15) is 4.79 Å². The van der Waals surface area contributed by atoms with Crippen LogP contribution in [-0.2, 0) is 6.54 Å². The zero-order chi connectivity index (χ0) is 15.7. The number of hydrogen-bond acceptors (Lipinski definition) is 3. The number of pyridine rings is 1. The molecule has 0 saturated carbocycles. The van der Waals surface area contributed by atoms with Crippen LogP contribution in [0.25, 0.3) is 11.1 Å². The fourth-order valence-corrected chi connectivity index (χ4v) is 2.61. The van der Waals surface area contributed by atoms with Gasteiger partial charge in [-0.2, -0.15) is 0 Å². The third kappa shape index (κ3) is 2.83. The van der Waals surface area contributed by atoms with Crippen molar-refractivity contribution in [3.8, 4) is 11.1 Å². The van der Waals surface area contributed by atoms with Gasteiger partial charge in [-0.3, -0.25) is 4.79 Å². The first-order chi connectivity index (χ1) is 10.5. The Bertz CT molecular complexity index is 844. The second-order valence-electron chi connectivity index (χ2n) is 5.21. The molecule has 3 rings (SSSR count). The fourth-order valence-electron chi connectivity index (χ4n) is 2.48. The summed E-state index contributed by atoms with van der Waals surface area (Å²) in [4.78, 5) is 12.1. The minimum Gasteiger partial charge on any atom is -0.361 e. The SMILES string of the molecule is Cc1noc(C)c1-c1ccc(=O)n(Cc2ccc(Cl)cc2)c1. The molecule has 0 aliphatic rings. The van der Waals surface area contributed by atoms with Gasteiger partial charge in [-0.05, 0) is 37.6 Å². The number of aryl methyl sites for hydroxylation is 2. The smallest absolute Gasteiger partial charge is 0.250 e. The van der Waals surface area contributed by atoms with E-state index in [4.69, 9.17) is 16.1 Å². The van der Waals surface area contributed by atoms with Crippen LogP contribution in [0.2, 0.25) is 5.02 Å². The van der Waals surface area contributed by atoms with Gasteiger partial charge in [0, 0.05) is 28.4 Å². The lowest BCUT2D eigenvalue weighted by Gasteiger charge is -2.08.